The van der Waals surface area contributed by atoms with Gasteiger partial charge in [-0.1, -0.05) is 36.4 Å². The monoisotopic (exact) mass is 440 g/mol. The van der Waals surface area contributed by atoms with Gasteiger partial charge in [0.2, 0.25) is 0 Å². The van der Waals surface area contributed by atoms with Gasteiger partial charge in [-0.3, -0.25) is 4.79 Å². The molecule has 3 unspecified atom stereocenters. The number of benzene rings is 3. The molecule has 2 aliphatic rings. The Morgan fingerprint density at radius 1 is 1.09 bits per heavy atom. The van der Waals surface area contributed by atoms with Crippen LogP contribution in [-0.2, 0) is 0 Å². The Bertz CT molecular complexity index is 1260. The molecule has 3 aromatic carbocycles. The SMILES string of the molecule is COc1ccc(C2Nc3c(C(=O)Nc4ccc(C)c(C)c4)cccc3C3C=CCC32)cc1O. The van der Waals surface area contributed by atoms with E-state index in [4.69, 9.17) is 4.74 Å². The van der Waals surface area contributed by atoms with Gasteiger partial charge in [0.25, 0.3) is 5.91 Å². The van der Waals surface area contributed by atoms with E-state index in [2.05, 4.69) is 35.8 Å². The fourth-order valence-corrected chi connectivity index (χ4v) is 5.06. The lowest BCUT2D eigenvalue weighted by Gasteiger charge is -2.38. The van der Waals surface area contributed by atoms with Crippen molar-refractivity contribution in [1.29, 1.82) is 0 Å². The molecule has 0 saturated carbocycles. The second-order valence-corrected chi connectivity index (χ2v) is 8.93. The number of carbonyl (C=O) groups excluding carboxylic acids is 1. The van der Waals surface area contributed by atoms with Crippen molar-refractivity contribution in [2.45, 2.75) is 32.2 Å². The highest BCUT2D eigenvalue weighted by Gasteiger charge is 2.39. The minimum absolute atomic E-state index is 0.0372. The van der Waals surface area contributed by atoms with Crippen LogP contribution in [0.5, 0.6) is 11.5 Å². The minimum Gasteiger partial charge on any atom is -0.504 e. The molecule has 3 N–H and O–H groups in total. The van der Waals surface area contributed by atoms with Crippen molar-refractivity contribution < 1.29 is 14.6 Å². The Labute approximate surface area is 194 Å². The van der Waals surface area contributed by atoms with E-state index in [0.717, 1.165) is 34.5 Å². The number of hydrogen-bond donors (Lipinski definition) is 3. The van der Waals surface area contributed by atoms with Crippen LogP contribution in [0.3, 0.4) is 0 Å². The summed E-state index contributed by atoms with van der Waals surface area (Å²) in [5.41, 5.74) is 6.69. The number of aryl methyl sites for hydroxylation is 2. The second-order valence-electron chi connectivity index (χ2n) is 8.93. The zero-order valence-corrected chi connectivity index (χ0v) is 19.1. The zero-order valence-electron chi connectivity index (χ0n) is 19.1. The first kappa shape index (κ1) is 21.1. The Hall–Kier alpha value is -3.73. The average Bonchev–Trinajstić information content (AvgIpc) is 3.31. The first-order valence-corrected chi connectivity index (χ1v) is 11.3. The number of phenolic OH excluding ortho intramolecular Hbond substituents is 1. The Morgan fingerprint density at radius 2 is 1.94 bits per heavy atom. The van der Waals surface area contributed by atoms with E-state index in [9.17, 15) is 9.90 Å². The van der Waals surface area contributed by atoms with Gasteiger partial charge in [-0.25, -0.2) is 0 Å². The maximum Gasteiger partial charge on any atom is 0.257 e. The van der Waals surface area contributed by atoms with Gasteiger partial charge in [0.05, 0.1) is 24.4 Å². The number of methoxy groups -OCH3 is 1. The summed E-state index contributed by atoms with van der Waals surface area (Å²) in [6.07, 6.45) is 5.39. The van der Waals surface area contributed by atoms with Crippen molar-refractivity contribution in [3.8, 4) is 11.5 Å². The van der Waals surface area contributed by atoms with Crippen LogP contribution in [-0.4, -0.2) is 18.1 Å². The number of allylic oxidation sites excluding steroid dienone is 2. The van der Waals surface area contributed by atoms with Crippen LogP contribution in [0, 0.1) is 19.8 Å². The smallest absolute Gasteiger partial charge is 0.257 e. The summed E-state index contributed by atoms with van der Waals surface area (Å²) in [6, 6.07) is 17.4. The summed E-state index contributed by atoms with van der Waals surface area (Å²) in [7, 11) is 1.54. The largest absolute Gasteiger partial charge is 0.504 e. The van der Waals surface area contributed by atoms with Gasteiger partial charge in [-0.2, -0.15) is 0 Å². The first-order valence-electron chi connectivity index (χ1n) is 11.3. The van der Waals surface area contributed by atoms with Crippen molar-refractivity contribution in [1.82, 2.24) is 0 Å². The maximum atomic E-state index is 13.3. The highest BCUT2D eigenvalue weighted by Crippen LogP contribution is 2.51. The number of fused-ring (bicyclic) bond motifs is 3. The molecule has 0 spiro atoms. The molecule has 5 nitrogen and oxygen atoms in total. The highest BCUT2D eigenvalue weighted by atomic mass is 16.5. The van der Waals surface area contributed by atoms with Gasteiger partial charge >= 0.3 is 0 Å². The number of ether oxygens (including phenoxy) is 1. The minimum atomic E-state index is -0.139. The van der Waals surface area contributed by atoms with E-state index in [1.54, 1.807) is 19.2 Å². The van der Waals surface area contributed by atoms with Crippen LogP contribution in [0.2, 0.25) is 0 Å². The summed E-state index contributed by atoms with van der Waals surface area (Å²) in [5.74, 6) is 0.947. The summed E-state index contributed by atoms with van der Waals surface area (Å²) in [5, 5.41) is 17.1. The standard InChI is InChI=1S/C28H28N2O3/c1-16-10-12-19(14-17(16)2)29-28(32)23-9-5-8-22-20-6-4-7-21(20)26(30-27(22)23)18-11-13-25(33-3)24(31)15-18/h4-6,8-15,20-21,26,30-31H,7H2,1-3H3,(H,29,32). The van der Waals surface area contributed by atoms with E-state index in [0.29, 0.717) is 17.2 Å². The van der Waals surface area contributed by atoms with Crippen LogP contribution >= 0.6 is 0 Å². The van der Waals surface area contributed by atoms with E-state index >= 15 is 0 Å². The molecule has 0 aromatic heterocycles. The topological polar surface area (TPSA) is 70.6 Å². The van der Waals surface area contributed by atoms with Crippen molar-refractivity contribution in [3.05, 3.63) is 94.6 Å². The maximum absolute atomic E-state index is 13.3. The van der Waals surface area contributed by atoms with Crippen LogP contribution in [0.1, 0.15) is 51.0 Å². The van der Waals surface area contributed by atoms with Gasteiger partial charge in [0, 0.05) is 11.6 Å². The molecule has 1 heterocycles. The summed E-state index contributed by atoms with van der Waals surface area (Å²) in [4.78, 5) is 13.3. The third-order valence-electron chi connectivity index (χ3n) is 6.97. The number of aromatic hydroxyl groups is 1. The number of phenols is 1. The number of nitrogens with one attached hydrogen (secondary N) is 2. The fourth-order valence-electron chi connectivity index (χ4n) is 5.06. The molecule has 0 saturated heterocycles. The van der Waals surface area contributed by atoms with Gasteiger partial charge in [0.15, 0.2) is 11.5 Å². The predicted octanol–water partition coefficient (Wildman–Crippen LogP) is 6.10. The van der Waals surface area contributed by atoms with Gasteiger partial charge < -0.3 is 20.5 Å². The van der Waals surface area contributed by atoms with Crippen molar-refractivity contribution in [3.63, 3.8) is 0 Å². The molecule has 1 aliphatic carbocycles. The molecule has 3 aromatic rings. The van der Waals surface area contributed by atoms with Crippen LogP contribution in [0.15, 0.2) is 66.7 Å². The first-order chi connectivity index (χ1) is 16.0. The summed E-state index contributed by atoms with van der Waals surface area (Å²) >= 11 is 0. The third kappa shape index (κ3) is 3.74. The fraction of sp³-hybridized carbons (Fsp3) is 0.250. The molecule has 33 heavy (non-hydrogen) atoms. The molecule has 0 fully saturated rings. The number of hydrogen-bond acceptors (Lipinski definition) is 4. The summed E-state index contributed by atoms with van der Waals surface area (Å²) in [6.45, 7) is 4.10. The van der Waals surface area contributed by atoms with Gasteiger partial charge in [-0.15, -0.1) is 0 Å². The Kier molecular flexibility index (Phi) is 5.33. The molecule has 1 aliphatic heterocycles. The predicted molar refractivity (Wildman–Crippen MR) is 131 cm³/mol. The number of rotatable bonds is 4. The molecule has 0 radical (unpaired) electrons. The second kappa shape index (κ2) is 8.32. The normalized spacial score (nSPS) is 20.5. The Balaban J connectivity index is 1.51. The van der Waals surface area contributed by atoms with E-state index in [1.165, 1.54) is 5.56 Å². The van der Waals surface area contributed by atoms with E-state index in [-0.39, 0.29) is 23.6 Å². The number of para-hydroxylation sites is 1. The number of amides is 1. The lowest BCUT2D eigenvalue weighted by Crippen LogP contribution is -2.30. The molecular formula is C28H28N2O3. The van der Waals surface area contributed by atoms with Crippen LogP contribution in [0.4, 0.5) is 11.4 Å². The van der Waals surface area contributed by atoms with Crippen molar-refractivity contribution in [2.24, 2.45) is 5.92 Å². The third-order valence-corrected chi connectivity index (χ3v) is 6.97. The quantitative estimate of drug-likeness (QED) is 0.429. The van der Waals surface area contributed by atoms with Crippen molar-refractivity contribution >= 4 is 17.3 Å². The highest BCUT2D eigenvalue weighted by molar-refractivity contribution is 6.08. The van der Waals surface area contributed by atoms with Gasteiger partial charge in [0.1, 0.15) is 0 Å². The number of carbonyl (C=O) groups is 1. The lowest BCUT2D eigenvalue weighted by atomic mass is 9.76. The molecular weight excluding hydrogens is 412 g/mol. The number of anilines is 2. The lowest BCUT2D eigenvalue weighted by molar-refractivity contribution is 0.102. The Morgan fingerprint density at radius 3 is 2.70 bits per heavy atom. The van der Waals surface area contributed by atoms with E-state index in [1.807, 2.05) is 43.3 Å². The van der Waals surface area contributed by atoms with Crippen molar-refractivity contribution in [2.75, 3.05) is 17.7 Å². The molecule has 5 heteroatoms. The molecule has 168 valence electrons. The van der Waals surface area contributed by atoms with Crippen LogP contribution < -0.4 is 15.4 Å². The molecule has 5 rings (SSSR count). The van der Waals surface area contributed by atoms with Gasteiger partial charge in [-0.05, 0) is 78.8 Å². The summed E-state index contributed by atoms with van der Waals surface area (Å²) < 4.78 is 5.22. The zero-order chi connectivity index (χ0) is 23.1. The average molecular weight is 441 g/mol. The molecule has 3 atom stereocenters. The molecule has 1 amide bonds. The van der Waals surface area contributed by atoms with E-state index < -0.39 is 0 Å². The van der Waals surface area contributed by atoms with Crippen LogP contribution in [0.25, 0.3) is 0 Å². The molecule has 0 bridgehead atoms.